The Morgan fingerprint density at radius 2 is 1.00 bits per heavy atom. The predicted octanol–water partition coefficient (Wildman–Crippen LogP) is 5.65. The molecule has 0 bridgehead atoms. The summed E-state index contributed by atoms with van der Waals surface area (Å²) in [6, 6.07) is 33.9. The van der Waals surface area contributed by atoms with Gasteiger partial charge in [-0.15, -0.1) is 0 Å². The lowest BCUT2D eigenvalue weighted by atomic mass is 10.3. The van der Waals surface area contributed by atoms with Crippen LogP contribution in [0.1, 0.15) is 0 Å². The molecule has 0 spiro atoms. The van der Waals surface area contributed by atoms with Crippen LogP contribution >= 0.6 is 0 Å². The second kappa shape index (κ2) is 14.0. The first kappa shape index (κ1) is 25.4. The number of benzene rings is 4. The predicted molar refractivity (Wildman–Crippen MR) is 145 cm³/mol. The number of hydrogen-bond acceptors (Lipinski definition) is 6. The number of ether oxygens (including phenoxy) is 4. The van der Waals surface area contributed by atoms with Crippen LogP contribution in [0.15, 0.2) is 109 Å². The number of para-hydroxylation sites is 2. The highest BCUT2D eigenvalue weighted by molar-refractivity contribution is 5.93. The molecular weight excluding hydrogens is 468 g/mol. The quantitative estimate of drug-likeness (QED) is 0.219. The van der Waals surface area contributed by atoms with E-state index in [2.05, 4.69) is 10.6 Å². The minimum absolute atomic E-state index is 0.121. The molecule has 0 aliphatic heterocycles. The highest BCUT2D eigenvalue weighted by Crippen LogP contribution is 2.18. The number of carbonyl (C=O) groups excluding carboxylic acids is 1. The van der Waals surface area contributed by atoms with E-state index in [1.807, 2.05) is 97.1 Å². The van der Waals surface area contributed by atoms with Gasteiger partial charge in [-0.05, 0) is 60.7 Å². The zero-order valence-electron chi connectivity index (χ0n) is 20.5. The minimum Gasteiger partial charge on any atom is -0.490 e. The molecule has 0 radical (unpaired) electrons. The van der Waals surface area contributed by atoms with Gasteiger partial charge in [0.05, 0.1) is 6.54 Å². The number of hydrogen-bond donors (Lipinski definition) is 2. The molecule has 4 rings (SSSR count). The second-order valence-corrected chi connectivity index (χ2v) is 7.97. The highest BCUT2D eigenvalue weighted by atomic mass is 16.5. The van der Waals surface area contributed by atoms with Gasteiger partial charge in [0.25, 0.3) is 0 Å². The molecule has 1 amide bonds. The summed E-state index contributed by atoms with van der Waals surface area (Å²) in [7, 11) is 0. The van der Waals surface area contributed by atoms with Crippen LogP contribution in [0.25, 0.3) is 0 Å². The molecule has 4 aromatic rings. The van der Waals surface area contributed by atoms with Crippen LogP contribution in [0.2, 0.25) is 0 Å². The Balaban J connectivity index is 1.13. The molecule has 4 aromatic carbocycles. The van der Waals surface area contributed by atoms with Crippen LogP contribution < -0.4 is 29.6 Å². The van der Waals surface area contributed by atoms with Crippen LogP contribution in [-0.2, 0) is 4.79 Å². The number of rotatable bonds is 14. The smallest absolute Gasteiger partial charge is 0.243 e. The minimum atomic E-state index is -0.160. The Bertz CT molecular complexity index is 1220. The van der Waals surface area contributed by atoms with Crippen molar-refractivity contribution in [1.29, 1.82) is 0 Å². The first-order valence-electron chi connectivity index (χ1n) is 12.1. The van der Waals surface area contributed by atoms with Crippen LogP contribution in [0.5, 0.6) is 23.0 Å². The Labute approximate surface area is 217 Å². The van der Waals surface area contributed by atoms with Gasteiger partial charge in [0.15, 0.2) is 0 Å². The average molecular weight is 499 g/mol. The summed E-state index contributed by atoms with van der Waals surface area (Å²) in [6.45, 7) is 1.85. The van der Waals surface area contributed by atoms with E-state index < -0.39 is 0 Å². The van der Waals surface area contributed by atoms with Gasteiger partial charge in [-0.3, -0.25) is 4.79 Å². The number of nitrogens with one attached hydrogen (secondary N) is 2. The fourth-order valence-corrected chi connectivity index (χ4v) is 3.39. The lowest BCUT2D eigenvalue weighted by molar-refractivity contribution is -0.114. The van der Waals surface area contributed by atoms with Gasteiger partial charge in [-0.1, -0.05) is 42.5 Å². The third-order valence-electron chi connectivity index (χ3n) is 5.15. The average Bonchev–Trinajstić information content (AvgIpc) is 2.95. The third-order valence-corrected chi connectivity index (χ3v) is 5.15. The number of anilines is 2. The monoisotopic (exact) mass is 498 g/mol. The zero-order valence-corrected chi connectivity index (χ0v) is 20.5. The molecule has 0 saturated carbocycles. The summed E-state index contributed by atoms with van der Waals surface area (Å²) in [4.78, 5) is 12.4. The maximum absolute atomic E-state index is 12.4. The molecule has 0 saturated heterocycles. The van der Waals surface area contributed by atoms with Gasteiger partial charge in [-0.2, -0.15) is 0 Å². The fourth-order valence-electron chi connectivity index (χ4n) is 3.39. The van der Waals surface area contributed by atoms with Crippen molar-refractivity contribution in [2.45, 2.75) is 0 Å². The summed E-state index contributed by atoms with van der Waals surface area (Å²) in [6.07, 6.45) is 0. The molecule has 2 N–H and O–H groups in total. The first-order valence-corrected chi connectivity index (χ1v) is 12.1. The van der Waals surface area contributed by atoms with Crippen LogP contribution in [0.4, 0.5) is 11.4 Å². The van der Waals surface area contributed by atoms with Gasteiger partial charge in [0.1, 0.15) is 49.4 Å². The van der Waals surface area contributed by atoms with Crippen molar-refractivity contribution in [3.63, 3.8) is 0 Å². The molecule has 0 unspecified atom stereocenters. The Morgan fingerprint density at radius 3 is 1.57 bits per heavy atom. The molecule has 7 heteroatoms. The number of carbonyl (C=O) groups is 1. The van der Waals surface area contributed by atoms with E-state index in [1.54, 1.807) is 12.1 Å². The summed E-state index contributed by atoms with van der Waals surface area (Å²) in [5.74, 6) is 2.87. The van der Waals surface area contributed by atoms with E-state index in [0.717, 1.165) is 17.2 Å². The summed E-state index contributed by atoms with van der Waals surface area (Å²) in [5, 5.41) is 5.99. The molecule has 190 valence electrons. The fraction of sp³-hybridized carbons (Fsp3) is 0.167. The largest absolute Gasteiger partial charge is 0.490 e. The number of amides is 1. The zero-order chi connectivity index (χ0) is 25.5. The highest BCUT2D eigenvalue weighted by Gasteiger charge is 2.04. The van der Waals surface area contributed by atoms with Gasteiger partial charge in [-0.25, -0.2) is 0 Å². The van der Waals surface area contributed by atoms with E-state index in [-0.39, 0.29) is 12.5 Å². The van der Waals surface area contributed by atoms with E-state index in [9.17, 15) is 4.79 Å². The SMILES string of the molecule is O=C(CNc1cccc(OCCOc2ccccc2)c1)Nc1ccc(OCCOc2ccccc2)cc1. The van der Waals surface area contributed by atoms with Crippen molar-refractivity contribution in [2.24, 2.45) is 0 Å². The van der Waals surface area contributed by atoms with Crippen LogP contribution in [0.3, 0.4) is 0 Å². The molecular formula is C30H30N2O5. The Morgan fingerprint density at radius 1 is 0.514 bits per heavy atom. The van der Waals surface area contributed by atoms with Crippen LogP contribution in [0, 0.1) is 0 Å². The van der Waals surface area contributed by atoms with Crippen molar-refractivity contribution in [3.05, 3.63) is 109 Å². The molecule has 0 aliphatic carbocycles. The summed E-state index contributed by atoms with van der Waals surface area (Å²) < 4.78 is 22.7. The van der Waals surface area contributed by atoms with E-state index in [4.69, 9.17) is 18.9 Å². The maximum atomic E-state index is 12.4. The second-order valence-electron chi connectivity index (χ2n) is 7.97. The van der Waals surface area contributed by atoms with E-state index >= 15 is 0 Å². The van der Waals surface area contributed by atoms with Crippen molar-refractivity contribution in [1.82, 2.24) is 0 Å². The van der Waals surface area contributed by atoms with Gasteiger partial charge >= 0.3 is 0 Å². The lowest BCUT2D eigenvalue weighted by Gasteiger charge is -2.11. The molecule has 0 atom stereocenters. The Kier molecular flexibility index (Phi) is 9.66. The molecule has 0 heterocycles. The molecule has 0 fully saturated rings. The van der Waals surface area contributed by atoms with Crippen molar-refractivity contribution < 1.29 is 23.7 Å². The third kappa shape index (κ3) is 9.14. The summed E-state index contributed by atoms with van der Waals surface area (Å²) in [5.41, 5.74) is 1.48. The van der Waals surface area contributed by atoms with Crippen LogP contribution in [-0.4, -0.2) is 38.9 Å². The normalized spacial score (nSPS) is 10.3. The lowest BCUT2D eigenvalue weighted by Crippen LogP contribution is -2.21. The molecule has 37 heavy (non-hydrogen) atoms. The molecule has 0 aromatic heterocycles. The van der Waals surface area contributed by atoms with Crippen molar-refractivity contribution >= 4 is 17.3 Å². The van der Waals surface area contributed by atoms with Gasteiger partial charge in [0.2, 0.25) is 5.91 Å². The first-order chi connectivity index (χ1) is 18.2. The maximum Gasteiger partial charge on any atom is 0.243 e. The van der Waals surface area contributed by atoms with E-state index in [1.165, 1.54) is 0 Å². The summed E-state index contributed by atoms with van der Waals surface area (Å²) >= 11 is 0. The topological polar surface area (TPSA) is 78.1 Å². The van der Waals surface area contributed by atoms with E-state index in [0.29, 0.717) is 43.6 Å². The van der Waals surface area contributed by atoms with Crippen molar-refractivity contribution in [2.75, 3.05) is 43.6 Å². The Hall–Kier alpha value is -4.65. The standard InChI is InChI=1S/C30H30N2O5/c33-30(32-24-14-16-28(17-15-24)36-19-18-34-26-9-3-1-4-10-26)23-31-25-8-7-13-29(22-25)37-21-20-35-27-11-5-2-6-12-27/h1-17,22,31H,18-21,23H2,(H,32,33). The molecule has 0 aliphatic rings. The van der Waals surface area contributed by atoms with Crippen molar-refractivity contribution in [3.8, 4) is 23.0 Å². The van der Waals surface area contributed by atoms with Gasteiger partial charge < -0.3 is 29.6 Å². The molecule has 7 nitrogen and oxygen atoms in total. The van der Waals surface area contributed by atoms with Gasteiger partial charge in [0, 0.05) is 17.4 Å².